The fourth-order valence-electron chi connectivity index (χ4n) is 7.26. The Balaban J connectivity index is 0.00000378. The van der Waals surface area contributed by atoms with Crippen molar-refractivity contribution < 1.29 is 41.8 Å². The first kappa shape index (κ1) is 32.0. The van der Waals surface area contributed by atoms with Gasteiger partial charge in [-0.25, -0.2) is 10.4 Å². The number of phenols is 1. The maximum absolute atomic E-state index is 13.7. The van der Waals surface area contributed by atoms with E-state index in [1.54, 1.807) is 41.2 Å². The summed E-state index contributed by atoms with van der Waals surface area (Å²) in [7, 11) is 1.11. The Hall–Kier alpha value is -5.57. The molecule has 248 valence electrons. The number of carbonyl (C=O) groups excluding carboxylic acids is 1. The number of hydrogen-bond donors (Lipinski definition) is 5. The van der Waals surface area contributed by atoms with Gasteiger partial charge in [-0.1, -0.05) is 17.7 Å². The Labute approximate surface area is 282 Å². The number of aromatic hydroxyl groups is 1. The second-order valence-electron chi connectivity index (χ2n) is 11.9. The van der Waals surface area contributed by atoms with Gasteiger partial charge in [0.25, 0.3) is 5.56 Å². The number of amides is 1. The number of H-pyrrole nitrogens is 1. The van der Waals surface area contributed by atoms with Crippen molar-refractivity contribution in [2.24, 2.45) is 0 Å². The number of pyridine rings is 2. The molecular weight excluding hydrogens is 683 g/mol. The fourth-order valence-corrected chi connectivity index (χ4v) is 7.46. The van der Waals surface area contributed by atoms with Crippen LogP contribution in [0.1, 0.15) is 29.4 Å². The topological polar surface area (TPSA) is 217 Å². The van der Waals surface area contributed by atoms with Gasteiger partial charge in [0.05, 0.1) is 39.1 Å². The minimum atomic E-state index is -2.01. The van der Waals surface area contributed by atoms with Crippen molar-refractivity contribution in [3.05, 3.63) is 137 Å². The number of aliphatic hydroxyl groups excluding tert-OH is 2. The summed E-state index contributed by atoms with van der Waals surface area (Å²) in [5.41, 5.74) is -3.50. The van der Waals surface area contributed by atoms with Crippen LogP contribution in [0.5, 0.6) is 11.5 Å². The number of rotatable bonds is 4. The highest BCUT2D eigenvalue weighted by Crippen LogP contribution is 2.54. The number of aromatic nitrogens is 2. The number of phenolic OH excluding ortho intramolecular Hbond substituents is 1. The summed E-state index contributed by atoms with van der Waals surface area (Å²) in [5, 5.41) is 33.9. The van der Waals surface area contributed by atoms with Crippen molar-refractivity contribution in [1.82, 2.24) is 15.4 Å². The lowest BCUT2D eigenvalue weighted by Gasteiger charge is -2.27. The molecule has 2 atom stereocenters. The van der Waals surface area contributed by atoms with Crippen molar-refractivity contribution in [3.8, 4) is 11.5 Å². The molecule has 1 aliphatic heterocycles. The minimum Gasteiger partial charge on any atom is -1.00 e. The van der Waals surface area contributed by atoms with Crippen molar-refractivity contribution in [2.45, 2.75) is 31.0 Å². The smallest absolute Gasteiger partial charge is 0.304 e. The number of nitrogens with zero attached hydrogens (tertiary/aromatic N) is 2. The Bertz CT molecular complexity index is 2830. The van der Waals surface area contributed by atoms with Crippen molar-refractivity contribution >= 4 is 39.8 Å². The molecule has 1 aromatic carbocycles. The molecule has 2 aromatic heterocycles. The highest BCUT2D eigenvalue weighted by atomic mass is 35.5. The quantitative estimate of drug-likeness (QED) is 0.0888. The van der Waals surface area contributed by atoms with Crippen LogP contribution in [0.4, 0.5) is 0 Å². The summed E-state index contributed by atoms with van der Waals surface area (Å²) in [4.78, 5) is 82.1. The highest BCUT2D eigenvalue weighted by Gasteiger charge is 2.53. The molecule has 0 bridgehead atoms. The molecule has 1 fully saturated rings. The van der Waals surface area contributed by atoms with Gasteiger partial charge in [0.2, 0.25) is 22.8 Å². The van der Waals surface area contributed by atoms with E-state index in [2.05, 4.69) is 10.4 Å². The van der Waals surface area contributed by atoms with Crippen LogP contribution in [-0.2, 0) is 23.2 Å². The number of carbonyl (C=O) groups is 1. The molecule has 3 aromatic rings. The number of benzene rings is 1. The summed E-state index contributed by atoms with van der Waals surface area (Å²) in [6.45, 7) is -0.0217. The van der Waals surface area contributed by atoms with Crippen LogP contribution < -0.4 is 64.8 Å². The van der Waals surface area contributed by atoms with Crippen molar-refractivity contribution in [2.75, 3.05) is 7.11 Å². The molecule has 4 aliphatic carbocycles. The zero-order chi connectivity index (χ0) is 34.0. The van der Waals surface area contributed by atoms with E-state index in [0.29, 0.717) is 21.7 Å². The van der Waals surface area contributed by atoms with Gasteiger partial charge < -0.3 is 37.4 Å². The summed E-state index contributed by atoms with van der Waals surface area (Å²) in [6.07, 6.45) is 2.62. The predicted octanol–water partition coefficient (Wildman–Crippen LogP) is -4.50. The van der Waals surface area contributed by atoms with E-state index in [9.17, 15) is 44.1 Å². The fraction of sp³-hybridized carbons (Fsp3) is 0.182. The first-order chi connectivity index (χ1) is 22.9. The lowest BCUT2D eigenvalue weighted by molar-refractivity contribution is -0.684. The highest BCUT2D eigenvalue weighted by molar-refractivity contribution is 6.30. The second-order valence-corrected chi connectivity index (χ2v) is 12.4. The maximum atomic E-state index is 13.7. The molecule has 1 amide bonds. The summed E-state index contributed by atoms with van der Waals surface area (Å²) in [6, 6.07) is 7.31. The molecule has 1 spiro atoms. The molecule has 8 rings (SSSR count). The van der Waals surface area contributed by atoms with Crippen LogP contribution in [0.25, 0.3) is 22.3 Å². The van der Waals surface area contributed by atoms with E-state index >= 15 is 0 Å². The Kier molecular flexibility index (Phi) is 7.00. The number of aryl methyl sites for hydroxylation is 1. The van der Waals surface area contributed by atoms with E-state index in [1.807, 2.05) is 0 Å². The zero-order valence-corrected chi connectivity index (χ0v) is 26.6. The van der Waals surface area contributed by atoms with Crippen molar-refractivity contribution in [3.63, 3.8) is 0 Å². The third-order valence-corrected chi connectivity index (χ3v) is 9.65. The molecular formula is C33H22Cl2N4O10. The summed E-state index contributed by atoms with van der Waals surface area (Å²) >= 11 is 6.00. The van der Waals surface area contributed by atoms with Gasteiger partial charge in [-0.3, -0.25) is 28.8 Å². The second kappa shape index (κ2) is 10.7. The number of hydrogen-bond acceptors (Lipinski definition) is 11. The number of fused-ring (bicyclic) bond motifs is 4. The molecule has 0 radical (unpaired) electrons. The molecule has 49 heavy (non-hydrogen) atoms. The number of nitrogens with one attached hydrogen (secondary N) is 2. The van der Waals surface area contributed by atoms with Crippen LogP contribution in [0.3, 0.4) is 0 Å². The van der Waals surface area contributed by atoms with E-state index in [0.717, 1.165) is 13.2 Å². The lowest BCUT2D eigenvalue weighted by Crippen LogP contribution is -3.00. The predicted molar refractivity (Wildman–Crippen MR) is 168 cm³/mol. The Morgan fingerprint density at radius 1 is 1.02 bits per heavy atom. The summed E-state index contributed by atoms with van der Waals surface area (Å²) in [5.74, 6) is -2.94. The average Bonchev–Trinajstić information content (AvgIpc) is 3.71. The standard InChI is InChI=1S/C33H21ClN4O10.ClH/c1-48-17-9-16(39)20-21(25(17)41)27(43)23-22(26(20)42)29(45)33(30(23)46)5-4-12-7-13-8-15(35-32(47)19(13)28(44)24(12)33)31-36-38(31)18(40)11-37-6-2-3-14(34)10-37;/h2-3,6-10,31,36H,4-5,11H2,1H3,(H3-,35,39,41,42,43,44,45,46,47);1H/t31?,33-,38?;/m0./s1. The van der Waals surface area contributed by atoms with Gasteiger partial charge in [0.1, 0.15) is 27.7 Å². The number of aliphatic hydroxyl groups is 2. The zero-order valence-electron chi connectivity index (χ0n) is 25.1. The van der Waals surface area contributed by atoms with Crippen LogP contribution in [0, 0.1) is 10.4 Å². The van der Waals surface area contributed by atoms with Crippen LogP contribution >= 0.6 is 11.6 Å². The molecule has 3 heterocycles. The SMILES string of the molecule is COc1cc(=O)c2c(=O)c3c(c(=O)c=2c1=O)=C(O)[C@]1(CCc2cc4cc(C5NN5C(=O)C[n+]5cccc(Cl)c5)[nH]c(=O)c4c(O)c21)C=3O.[Cl-]. The maximum Gasteiger partial charge on any atom is 0.304 e. The first-order valence-electron chi connectivity index (χ1n) is 14.6. The Morgan fingerprint density at radius 3 is 2.39 bits per heavy atom. The lowest BCUT2D eigenvalue weighted by atomic mass is 9.78. The number of hydrazine groups is 1. The van der Waals surface area contributed by atoms with E-state index in [4.69, 9.17) is 16.3 Å². The number of aromatic amines is 1. The molecule has 14 nitrogen and oxygen atoms in total. The average molecular weight is 705 g/mol. The third kappa shape index (κ3) is 4.20. The van der Waals surface area contributed by atoms with Gasteiger partial charge in [0.15, 0.2) is 29.7 Å². The summed E-state index contributed by atoms with van der Waals surface area (Å²) < 4.78 is 6.51. The normalized spacial score (nSPS) is 19.0. The van der Waals surface area contributed by atoms with E-state index in [-0.39, 0.29) is 48.7 Å². The number of halogens is 2. The molecule has 16 heteroatoms. The van der Waals surface area contributed by atoms with Crippen LogP contribution in [0.15, 0.2) is 66.7 Å². The van der Waals surface area contributed by atoms with Gasteiger partial charge in [0, 0.05) is 17.7 Å². The molecule has 5 N–H and O–H groups in total. The number of ether oxygens (including phenoxy) is 1. The van der Waals surface area contributed by atoms with Crippen LogP contribution in [-0.4, -0.2) is 38.3 Å². The van der Waals surface area contributed by atoms with Gasteiger partial charge >= 0.3 is 5.91 Å². The molecule has 1 unspecified atom stereocenters. The third-order valence-electron chi connectivity index (χ3n) is 9.43. The minimum absolute atomic E-state index is 0. The van der Waals surface area contributed by atoms with Gasteiger partial charge in [-0.2, -0.15) is 4.57 Å². The van der Waals surface area contributed by atoms with Gasteiger partial charge in [-0.05, 0) is 35.9 Å². The first-order valence-corrected chi connectivity index (χ1v) is 15.0. The van der Waals surface area contributed by atoms with Crippen LogP contribution in [0.2, 0.25) is 5.02 Å². The van der Waals surface area contributed by atoms with E-state index < -0.39 is 82.7 Å². The number of methoxy groups -OCH3 is 1. The molecule has 1 saturated heterocycles. The van der Waals surface area contributed by atoms with Gasteiger partial charge in [-0.15, -0.1) is 0 Å². The largest absolute Gasteiger partial charge is 1.00 e. The molecule has 0 saturated carbocycles. The van der Waals surface area contributed by atoms with E-state index in [1.165, 1.54) is 5.01 Å². The van der Waals surface area contributed by atoms with Crippen molar-refractivity contribution in [1.29, 1.82) is 0 Å². The monoisotopic (exact) mass is 704 g/mol. The molecule has 5 aliphatic rings. The Morgan fingerprint density at radius 2 is 1.71 bits per heavy atom.